The second-order valence-corrected chi connectivity index (χ2v) is 8.08. The Kier molecular flexibility index (Phi) is 8.40. The van der Waals surface area contributed by atoms with Crippen LogP contribution in [0.3, 0.4) is 0 Å². The van der Waals surface area contributed by atoms with Crippen LogP contribution in [0.2, 0.25) is 0 Å². The lowest BCUT2D eigenvalue weighted by Crippen LogP contribution is -2.34. The first-order valence-corrected chi connectivity index (χ1v) is 10.2. The zero-order valence-electron chi connectivity index (χ0n) is 18.7. The molecule has 2 aromatic heterocycles. The minimum atomic E-state index is -4.27. The van der Waals surface area contributed by atoms with Crippen molar-refractivity contribution in [2.45, 2.75) is 53.0 Å². The van der Waals surface area contributed by atoms with Crippen LogP contribution in [0, 0.1) is 19.8 Å². The number of nitrogens with zero attached hydrogens (tertiary/aromatic N) is 2. The van der Waals surface area contributed by atoms with E-state index >= 15 is 0 Å². The monoisotopic (exact) mass is 456 g/mol. The molecule has 10 heteroatoms. The highest BCUT2D eigenvalue weighted by atomic mass is 19.3. The van der Waals surface area contributed by atoms with Gasteiger partial charge in [0, 0.05) is 12.2 Å². The average Bonchev–Trinajstić information content (AvgIpc) is 2.70. The van der Waals surface area contributed by atoms with E-state index in [1.165, 1.54) is 13.0 Å². The molecule has 2 rings (SSSR count). The number of anilines is 1. The molecule has 0 aliphatic heterocycles. The Morgan fingerprint density at radius 3 is 2.44 bits per heavy atom. The van der Waals surface area contributed by atoms with Gasteiger partial charge in [-0.3, -0.25) is 4.79 Å². The van der Waals surface area contributed by atoms with E-state index in [0.29, 0.717) is 17.3 Å². The molecule has 0 spiro atoms. The number of nitrogens with one attached hydrogen (secondary N) is 2. The first kappa shape index (κ1) is 25.4. The van der Waals surface area contributed by atoms with Crippen molar-refractivity contribution in [2.24, 2.45) is 5.92 Å². The predicted molar refractivity (Wildman–Crippen MR) is 114 cm³/mol. The molecule has 2 N–H and O–H groups in total. The molecular weight excluding hydrogens is 428 g/mol. The Morgan fingerprint density at radius 1 is 1.16 bits per heavy atom. The molecule has 0 saturated heterocycles. The lowest BCUT2D eigenvalue weighted by Gasteiger charge is -2.18. The molecule has 32 heavy (non-hydrogen) atoms. The molecule has 1 atom stereocenters. The Bertz CT molecular complexity index is 938. The quantitative estimate of drug-likeness (QED) is 0.496. The van der Waals surface area contributed by atoms with E-state index in [4.69, 9.17) is 4.74 Å². The molecule has 0 aliphatic rings. The summed E-state index contributed by atoms with van der Waals surface area (Å²) in [6.07, 6.45) is -2.76. The summed E-state index contributed by atoms with van der Waals surface area (Å²) < 4.78 is 55.4. The van der Waals surface area contributed by atoms with E-state index in [0.717, 1.165) is 24.0 Å². The largest absolute Gasteiger partial charge is 0.485 e. The maximum atomic E-state index is 13.1. The van der Waals surface area contributed by atoms with Crippen molar-refractivity contribution in [1.29, 1.82) is 0 Å². The van der Waals surface area contributed by atoms with Gasteiger partial charge in [-0.2, -0.15) is 8.78 Å². The van der Waals surface area contributed by atoms with Crippen LogP contribution in [0.5, 0.6) is 5.75 Å². The maximum Gasteiger partial charge on any atom is 0.340 e. The van der Waals surface area contributed by atoms with Gasteiger partial charge in [0.15, 0.2) is 6.61 Å². The summed E-state index contributed by atoms with van der Waals surface area (Å²) >= 11 is 0. The summed E-state index contributed by atoms with van der Waals surface area (Å²) in [5.74, 6) is -3.69. The van der Waals surface area contributed by atoms with Gasteiger partial charge in [0.2, 0.25) is 0 Å². The third kappa shape index (κ3) is 7.06. The number of halogens is 4. The Balaban J connectivity index is 2.07. The Labute approximate surface area is 184 Å². The van der Waals surface area contributed by atoms with Crippen molar-refractivity contribution in [3.8, 4) is 5.75 Å². The first-order valence-electron chi connectivity index (χ1n) is 10.2. The molecule has 176 valence electrons. The van der Waals surface area contributed by atoms with Crippen molar-refractivity contribution in [1.82, 2.24) is 15.3 Å². The van der Waals surface area contributed by atoms with Gasteiger partial charge >= 0.3 is 12.3 Å². The van der Waals surface area contributed by atoms with E-state index in [2.05, 4.69) is 34.4 Å². The number of ether oxygens (including phenoxy) is 1. The first-order chi connectivity index (χ1) is 14.9. The molecule has 2 aromatic rings. The second-order valence-electron chi connectivity index (χ2n) is 8.08. The highest BCUT2D eigenvalue weighted by molar-refractivity contribution is 5.92. The molecule has 2 heterocycles. The zero-order chi connectivity index (χ0) is 24.1. The molecule has 1 amide bonds. The van der Waals surface area contributed by atoms with Gasteiger partial charge < -0.3 is 15.4 Å². The summed E-state index contributed by atoms with van der Waals surface area (Å²) in [5, 5.41) is 6.09. The Hall–Kier alpha value is -2.91. The number of pyridine rings is 2. The fourth-order valence-electron chi connectivity index (χ4n) is 2.75. The van der Waals surface area contributed by atoms with Gasteiger partial charge in [-0.15, -0.1) is 0 Å². The molecule has 6 nitrogen and oxygen atoms in total. The van der Waals surface area contributed by atoms with Crippen LogP contribution in [0.4, 0.5) is 23.4 Å². The summed E-state index contributed by atoms with van der Waals surface area (Å²) in [4.78, 5) is 21.0. The zero-order valence-corrected chi connectivity index (χ0v) is 18.7. The van der Waals surface area contributed by atoms with Gasteiger partial charge in [-0.05, 0) is 56.0 Å². The van der Waals surface area contributed by atoms with Crippen molar-refractivity contribution >= 4 is 11.7 Å². The smallest absolute Gasteiger partial charge is 0.340 e. The van der Waals surface area contributed by atoms with Crippen molar-refractivity contribution in [2.75, 3.05) is 18.5 Å². The van der Waals surface area contributed by atoms with Crippen molar-refractivity contribution in [3.63, 3.8) is 0 Å². The molecule has 0 bridgehead atoms. The van der Waals surface area contributed by atoms with E-state index in [1.54, 1.807) is 0 Å². The van der Waals surface area contributed by atoms with Gasteiger partial charge in [0.25, 0.3) is 5.91 Å². The fourth-order valence-corrected chi connectivity index (χ4v) is 2.75. The average molecular weight is 456 g/mol. The number of amides is 1. The minimum Gasteiger partial charge on any atom is -0.485 e. The van der Waals surface area contributed by atoms with E-state index in [1.807, 2.05) is 26.0 Å². The molecule has 0 saturated carbocycles. The Morgan fingerprint density at radius 2 is 1.84 bits per heavy atom. The third-order valence-corrected chi connectivity index (χ3v) is 4.55. The summed E-state index contributed by atoms with van der Waals surface area (Å²) in [5.41, 5.74) is 2.02. The summed E-state index contributed by atoms with van der Waals surface area (Å²) in [6, 6.07) is 4.72. The van der Waals surface area contributed by atoms with Gasteiger partial charge in [-0.1, -0.05) is 13.8 Å². The number of aromatic nitrogens is 2. The van der Waals surface area contributed by atoms with E-state index in [-0.39, 0.29) is 17.5 Å². The molecular formula is C22H28F4N4O2. The molecule has 0 aliphatic carbocycles. The van der Waals surface area contributed by atoms with Crippen molar-refractivity contribution in [3.05, 3.63) is 46.9 Å². The normalized spacial score (nSPS) is 12.7. The van der Waals surface area contributed by atoms with E-state index in [9.17, 15) is 22.4 Å². The van der Waals surface area contributed by atoms with Crippen LogP contribution in [0.15, 0.2) is 24.4 Å². The lowest BCUT2D eigenvalue weighted by atomic mass is 10.1. The van der Waals surface area contributed by atoms with Gasteiger partial charge in [-0.25, -0.2) is 18.7 Å². The van der Waals surface area contributed by atoms with Crippen LogP contribution >= 0.6 is 0 Å². The molecule has 0 fully saturated rings. The molecule has 0 aromatic carbocycles. The number of carbonyl (C=O) groups is 1. The number of rotatable bonds is 10. The predicted octanol–water partition coefficient (Wildman–Crippen LogP) is 4.93. The highest BCUT2D eigenvalue weighted by Crippen LogP contribution is 2.26. The summed E-state index contributed by atoms with van der Waals surface area (Å²) in [7, 11) is 0. The number of hydrogen-bond donors (Lipinski definition) is 2. The third-order valence-electron chi connectivity index (χ3n) is 4.55. The lowest BCUT2D eigenvalue weighted by molar-refractivity contribution is -0.148. The molecule has 0 radical (unpaired) electrons. The second kappa shape index (κ2) is 10.6. The number of aryl methyl sites for hydroxylation is 2. The topological polar surface area (TPSA) is 76.1 Å². The van der Waals surface area contributed by atoms with Crippen LogP contribution in [0.1, 0.15) is 54.1 Å². The standard InChI is InChI=1S/C22H28F4N4O2/c1-12(2)9-28-19-8-16(7-14(4)29-19)15(5)30-20(31)17-6-13(3)18(10-27-17)32-11-22(25,26)21(23)24/h6-8,10,12,15,21H,9,11H2,1-5H3,(H,28,29)(H,30,31). The number of alkyl halides is 4. The summed E-state index contributed by atoms with van der Waals surface area (Å²) in [6.45, 7) is 8.64. The van der Waals surface area contributed by atoms with Crippen LogP contribution in [-0.2, 0) is 0 Å². The van der Waals surface area contributed by atoms with Crippen molar-refractivity contribution < 1.29 is 27.1 Å². The number of hydrogen-bond acceptors (Lipinski definition) is 5. The van der Waals surface area contributed by atoms with Crippen LogP contribution < -0.4 is 15.4 Å². The van der Waals surface area contributed by atoms with E-state index < -0.39 is 24.9 Å². The number of carbonyl (C=O) groups excluding carboxylic acids is 1. The van der Waals surface area contributed by atoms with Gasteiger partial charge in [0.05, 0.1) is 12.2 Å². The van der Waals surface area contributed by atoms with Crippen LogP contribution in [-0.4, -0.2) is 41.4 Å². The highest BCUT2D eigenvalue weighted by Gasteiger charge is 2.41. The minimum absolute atomic E-state index is 0.0475. The fraction of sp³-hybridized carbons (Fsp3) is 0.500. The maximum absolute atomic E-state index is 13.1. The SMILES string of the molecule is Cc1cc(C(C)NC(=O)c2cc(C)c(OCC(F)(F)C(F)F)cn2)cc(NCC(C)C)n1. The molecule has 1 unspecified atom stereocenters. The van der Waals surface area contributed by atoms with Gasteiger partial charge in [0.1, 0.15) is 17.3 Å². The van der Waals surface area contributed by atoms with Crippen LogP contribution in [0.25, 0.3) is 0 Å².